The van der Waals surface area contributed by atoms with E-state index in [-0.39, 0.29) is 5.41 Å². The van der Waals surface area contributed by atoms with E-state index < -0.39 is 0 Å². The second-order valence-electron chi connectivity index (χ2n) is 6.86. The Balaban J connectivity index is 2.64. The number of nitrogens with one attached hydrogen (secondary N) is 1. The van der Waals surface area contributed by atoms with Gasteiger partial charge in [0.05, 0.1) is 10.7 Å². The minimum Gasteiger partial charge on any atom is -0.314 e. The molecule has 0 saturated carbocycles. The van der Waals surface area contributed by atoms with Crippen molar-refractivity contribution in [2.75, 3.05) is 6.54 Å². The summed E-state index contributed by atoms with van der Waals surface area (Å²) in [6, 6.07) is 0.568. The lowest BCUT2D eigenvalue weighted by Gasteiger charge is -2.19. The summed E-state index contributed by atoms with van der Waals surface area (Å²) in [5, 5.41) is 7.16. The Labute approximate surface area is 123 Å². The average Bonchev–Trinajstić information content (AvgIpc) is 2.73. The van der Waals surface area contributed by atoms with Crippen molar-refractivity contribution < 1.29 is 0 Å². The Hall–Kier alpha value is -0.410. The third kappa shape index (κ3) is 6.05. The lowest BCUT2D eigenvalue weighted by molar-refractivity contribution is 0.415. The Morgan fingerprint density at radius 1 is 1.32 bits per heavy atom. The highest BCUT2D eigenvalue weighted by Gasteiger charge is 2.19. The van der Waals surface area contributed by atoms with Crippen LogP contribution in [0.2, 0.25) is 0 Å². The second kappa shape index (κ2) is 7.39. The van der Waals surface area contributed by atoms with Crippen molar-refractivity contribution in [2.24, 2.45) is 5.92 Å². The Morgan fingerprint density at radius 3 is 2.47 bits per heavy atom. The van der Waals surface area contributed by atoms with E-state index in [1.54, 1.807) is 0 Å². The molecule has 19 heavy (non-hydrogen) atoms. The molecule has 1 unspecified atom stereocenters. The lowest BCUT2D eigenvalue weighted by atomic mass is 9.93. The molecule has 1 N–H and O–H groups in total. The van der Waals surface area contributed by atoms with Gasteiger partial charge in [-0.1, -0.05) is 41.5 Å². The van der Waals surface area contributed by atoms with Crippen LogP contribution in [0.4, 0.5) is 0 Å². The van der Waals surface area contributed by atoms with E-state index >= 15 is 0 Å². The Bertz CT molecular complexity index is 363. The summed E-state index contributed by atoms with van der Waals surface area (Å²) in [6.07, 6.45) is 3.49. The molecule has 1 rings (SSSR count). The smallest absolute Gasteiger partial charge is 0.0944 e. The molecule has 1 heterocycles. The standard InChI is InChI=1S/C16H30N2S/c1-7-8-17-13(9-12(2)3)10-15-18-14(11-19-15)16(4,5)6/h11-13,17H,7-10H2,1-6H3. The topological polar surface area (TPSA) is 24.9 Å². The van der Waals surface area contributed by atoms with Crippen LogP contribution >= 0.6 is 11.3 Å². The molecule has 0 amide bonds. The summed E-state index contributed by atoms with van der Waals surface area (Å²) < 4.78 is 0. The molecule has 0 aliphatic heterocycles. The number of rotatable bonds is 7. The van der Waals surface area contributed by atoms with Gasteiger partial charge in [0.15, 0.2) is 0 Å². The third-order valence-electron chi connectivity index (χ3n) is 3.18. The largest absolute Gasteiger partial charge is 0.314 e. The van der Waals surface area contributed by atoms with E-state index in [0.717, 1.165) is 18.9 Å². The highest BCUT2D eigenvalue weighted by molar-refractivity contribution is 7.09. The van der Waals surface area contributed by atoms with Crippen LogP contribution in [0.1, 0.15) is 65.1 Å². The van der Waals surface area contributed by atoms with Gasteiger partial charge in [-0.15, -0.1) is 11.3 Å². The molecule has 1 aromatic heterocycles. The van der Waals surface area contributed by atoms with Crippen LogP contribution in [0.15, 0.2) is 5.38 Å². The number of nitrogens with zero attached hydrogens (tertiary/aromatic N) is 1. The van der Waals surface area contributed by atoms with Crippen LogP contribution in [-0.4, -0.2) is 17.6 Å². The molecule has 0 aliphatic carbocycles. The zero-order valence-corrected chi connectivity index (χ0v) is 14.2. The van der Waals surface area contributed by atoms with Gasteiger partial charge in [0.1, 0.15) is 0 Å². The Morgan fingerprint density at radius 2 is 2.00 bits per heavy atom. The second-order valence-corrected chi connectivity index (χ2v) is 7.80. The van der Waals surface area contributed by atoms with Crippen LogP contribution in [0.25, 0.3) is 0 Å². The number of aromatic nitrogens is 1. The van der Waals surface area contributed by atoms with Crippen molar-refractivity contribution in [3.8, 4) is 0 Å². The average molecular weight is 282 g/mol. The first-order chi connectivity index (χ1) is 8.82. The fraction of sp³-hybridized carbons (Fsp3) is 0.812. The van der Waals surface area contributed by atoms with Crippen LogP contribution in [0, 0.1) is 5.92 Å². The molecule has 0 aliphatic rings. The zero-order chi connectivity index (χ0) is 14.5. The van der Waals surface area contributed by atoms with Gasteiger partial charge in [0, 0.05) is 23.3 Å². The van der Waals surface area contributed by atoms with Crippen LogP contribution in [0.5, 0.6) is 0 Å². The first-order valence-corrected chi connectivity index (χ1v) is 8.39. The summed E-state index contributed by atoms with van der Waals surface area (Å²) in [6.45, 7) is 14.6. The first-order valence-electron chi connectivity index (χ1n) is 7.51. The van der Waals surface area contributed by atoms with Crippen LogP contribution < -0.4 is 5.32 Å². The molecule has 0 saturated heterocycles. The van der Waals surface area contributed by atoms with Crippen LogP contribution in [-0.2, 0) is 11.8 Å². The predicted molar refractivity (Wildman–Crippen MR) is 86.1 cm³/mol. The van der Waals surface area contributed by atoms with Gasteiger partial charge in [-0.25, -0.2) is 4.98 Å². The van der Waals surface area contributed by atoms with Gasteiger partial charge in [0.25, 0.3) is 0 Å². The molecular formula is C16H30N2S. The van der Waals surface area contributed by atoms with E-state index in [0.29, 0.717) is 6.04 Å². The minimum absolute atomic E-state index is 0.166. The molecule has 0 radical (unpaired) electrons. The predicted octanol–water partition coefficient (Wildman–Crippen LogP) is 4.40. The molecule has 0 spiro atoms. The van der Waals surface area contributed by atoms with Gasteiger partial charge in [-0.3, -0.25) is 0 Å². The number of hydrogen-bond donors (Lipinski definition) is 1. The monoisotopic (exact) mass is 282 g/mol. The maximum Gasteiger partial charge on any atom is 0.0944 e. The van der Waals surface area contributed by atoms with E-state index in [9.17, 15) is 0 Å². The van der Waals surface area contributed by atoms with Crippen molar-refractivity contribution in [1.29, 1.82) is 0 Å². The highest BCUT2D eigenvalue weighted by atomic mass is 32.1. The summed E-state index contributed by atoms with van der Waals surface area (Å²) in [5.41, 5.74) is 1.39. The van der Waals surface area contributed by atoms with Crippen molar-refractivity contribution in [1.82, 2.24) is 10.3 Å². The lowest BCUT2D eigenvalue weighted by Crippen LogP contribution is -2.33. The van der Waals surface area contributed by atoms with E-state index in [4.69, 9.17) is 4.98 Å². The molecule has 2 nitrogen and oxygen atoms in total. The minimum atomic E-state index is 0.166. The van der Waals surface area contributed by atoms with Gasteiger partial charge < -0.3 is 5.32 Å². The zero-order valence-electron chi connectivity index (χ0n) is 13.4. The molecule has 1 atom stereocenters. The SMILES string of the molecule is CCCNC(Cc1nc(C(C)(C)C)cs1)CC(C)C. The molecule has 0 bridgehead atoms. The summed E-state index contributed by atoms with van der Waals surface area (Å²) >= 11 is 1.81. The summed E-state index contributed by atoms with van der Waals surface area (Å²) in [5.74, 6) is 0.733. The Kier molecular flexibility index (Phi) is 6.48. The normalized spacial score (nSPS) is 14.1. The van der Waals surface area contributed by atoms with Crippen molar-refractivity contribution in [3.63, 3.8) is 0 Å². The molecule has 1 aromatic rings. The maximum atomic E-state index is 4.82. The number of thiazole rings is 1. The van der Waals surface area contributed by atoms with E-state index in [1.807, 2.05) is 11.3 Å². The fourth-order valence-corrected chi connectivity index (χ4v) is 3.22. The van der Waals surface area contributed by atoms with E-state index in [1.165, 1.54) is 23.5 Å². The first kappa shape index (κ1) is 16.6. The van der Waals surface area contributed by atoms with Crippen molar-refractivity contribution in [3.05, 3.63) is 16.1 Å². The van der Waals surface area contributed by atoms with Gasteiger partial charge in [-0.05, 0) is 25.3 Å². The highest BCUT2D eigenvalue weighted by Crippen LogP contribution is 2.25. The summed E-state index contributed by atoms with van der Waals surface area (Å²) in [4.78, 5) is 4.82. The van der Waals surface area contributed by atoms with Crippen molar-refractivity contribution in [2.45, 2.75) is 72.3 Å². The number of hydrogen-bond acceptors (Lipinski definition) is 3. The quantitative estimate of drug-likeness (QED) is 0.802. The fourth-order valence-electron chi connectivity index (χ4n) is 2.12. The molecule has 110 valence electrons. The van der Waals surface area contributed by atoms with Gasteiger partial charge in [0.2, 0.25) is 0 Å². The molecule has 0 aromatic carbocycles. The molecule has 3 heteroatoms. The van der Waals surface area contributed by atoms with Crippen LogP contribution in [0.3, 0.4) is 0 Å². The summed E-state index contributed by atoms with van der Waals surface area (Å²) in [7, 11) is 0. The third-order valence-corrected chi connectivity index (χ3v) is 4.05. The van der Waals surface area contributed by atoms with E-state index in [2.05, 4.69) is 52.2 Å². The molecule has 0 fully saturated rings. The maximum absolute atomic E-state index is 4.82. The molecular weight excluding hydrogens is 252 g/mol. The van der Waals surface area contributed by atoms with Crippen molar-refractivity contribution >= 4 is 11.3 Å². The van der Waals surface area contributed by atoms with Gasteiger partial charge in [-0.2, -0.15) is 0 Å². The van der Waals surface area contributed by atoms with Gasteiger partial charge >= 0.3 is 0 Å².